The summed E-state index contributed by atoms with van der Waals surface area (Å²) in [5, 5.41) is 0. The molecule has 0 aliphatic carbocycles. The van der Waals surface area contributed by atoms with Gasteiger partial charge in [0.1, 0.15) is 0 Å². The molecule has 0 saturated carbocycles. The van der Waals surface area contributed by atoms with Gasteiger partial charge in [0.25, 0.3) is 0 Å². The normalized spacial score (nSPS) is 12.8. The lowest BCUT2D eigenvalue weighted by Gasteiger charge is -2.18. The van der Waals surface area contributed by atoms with E-state index in [-0.39, 0.29) is 5.60 Å². The van der Waals surface area contributed by atoms with Crippen molar-refractivity contribution in [3.05, 3.63) is 12.2 Å². The van der Waals surface area contributed by atoms with E-state index in [9.17, 15) is 0 Å². The van der Waals surface area contributed by atoms with Gasteiger partial charge in [-0.25, -0.2) is 0 Å². The molecule has 0 aromatic heterocycles. The van der Waals surface area contributed by atoms with E-state index in [4.69, 9.17) is 4.43 Å². The molecule has 2 radical (unpaired) electrons. The molecular weight excluding hydrogens is 140 g/mol. The maximum absolute atomic E-state index is 5.51. The zero-order valence-electron chi connectivity index (χ0n) is 7.27. The first-order valence-electron chi connectivity index (χ1n) is 3.58. The van der Waals surface area contributed by atoms with Crippen LogP contribution in [0.5, 0.6) is 0 Å². The summed E-state index contributed by atoms with van der Waals surface area (Å²) in [5.41, 5.74) is 0.0278. The van der Waals surface area contributed by atoms with Gasteiger partial charge in [-0.1, -0.05) is 12.2 Å². The van der Waals surface area contributed by atoms with Gasteiger partial charge in [0.05, 0.1) is 0 Å². The maximum Gasteiger partial charge on any atom is 0.234 e. The molecule has 0 spiro atoms. The van der Waals surface area contributed by atoms with Crippen LogP contribution in [0.4, 0.5) is 0 Å². The molecule has 0 atom stereocenters. The highest BCUT2D eigenvalue weighted by molar-refractivity contribution is 6.28. The Morgan fingerprint density at radius 3 is 2.40 bits per heavy atom. The van der Waals surface area contributed by atoms with Gasteiger partial charge in [0, 0.05) is 5.60 Å². The minimum atomic E-state index is 0.0278. The molecule has 0 unspecified atom stereocenters. The molecular formula is C8H16OSi. The van der Waals surface area contributed by atoms with Gasteiger partial charge in [-0.15, -0.1) is 0 Å². The van der Waals surface area contributed by atoms with E-state index < -0.39 is 0 Å². The smallest absolute Gasteiger partial charge is 0.234 e. The molecule has 0 amide bonds. The predicted octanol–water partition coefficient (Wildman–Crippen LogP) is 2.42. The van der Waals surface area contributed by atoms with Crippen molar-refractivity contribution in [3.8, 4) is 0 Å². The second-order valence-corrected chi connectivity index (χ2v) is 4.03. The Morgan fingerprint density at radius 1 is 1.40 bits per heavy atom. The van der Waals surface area contributed by atoms with Crippen molar-refractivity contribution in [1.82, 2.24) is 0 Å². The van der Waals surface area contributed by atoms with Crippen LogP contribution in [-0.4, -0.2) is 15.4 Å². The zero-order chi connectivity index (χ0) is 8.04. The fourth-order valence-electron chi connectivity index (χ4n) is 0.424. The van der Waals surface area contributed by atoms with Crippen molar-refractivity contribution in [2.75, 3.05) is 0 Å². The Morgan fingerprint density at radius 2 is 2.00 bits per heavy atom. The molecule has 0 bridgehead atoms. The summed E-state index contributed by atoms with van der Waals surface area (Å²) >= 11 is 0. The van der Waals surface area contributed by atoms with Crippen LogP contribution in [0.1, 0.15) is 27.7 Å². The van der Waals surface area contributed by atoms with Crippen molar-refractivity contribution < 1.29 is 4.43 Å². The summed E-state index contributed by atoms with van der Waals surface area (Å²) in [6.45, 7) is 8.27. The van der Waals surface area contributed by atoms with Gasteiger partial charge >= 0.3 is 0 Å². The summed E-state index contributed by atoms with van der Waals surface area (Å²) in [6, 6.07) is 1.05. The van der Waals surface area contributed by atoms with Crippen LogP contribution >= 0.6 is 0 Å². The van der Waals surface area contributed by atoms with Gasteiger partial charge in [-0.3, -0.25) is 0 Å². The molecule has 0 saturated heterocycles. The summed E-state index contributed by atoms with van der Waals surface area (Å²) in [6.07, 6.45) is 4.18. The summed E-state index contributed by atoms with van der Waals surface area (Å²) in [4.78, 5) is 0. The third kappa shape index (κ3) is 7.92. The lowest BCUT2D eigenvalue weighted by molar-refractivity contribution is 0.139. The van der Waals surface area contributed by atoms with Crippen LogP contribution in [0.2, 0.25) is 6.04 Å². The fourth-order valence-corrected chi connectivity index (χ4v) is 1.27. The van der Waals surface area contributed by atoms with E-state index in [1.54, 1.807) is 0 Å². The molecule has 0 heterocycles. The highest BCUT2D eigenvalue weighted by Gasteiger charge is 2.08. The molecule has 0 aliphatic rings. The quantitative estimate of drug-likeness (QED) is 0.346. The Kier molecular flexibility index (Phi) is 4.65. The lowest BCUT2D eigenvalue weighted by Crippen LogP contribution is -2.21. The van der Waals surface area contributed by atoms with E-state index in [0.29, 0.717) is 9.76 Å². The Balaban J connectivity index is 3.20. The molecule has 0 aromatic rings. The van der Waals surface area contributed by atoms with E-state index in [0.717, 1.165) is 6.04 Å². The average molecular weight is 156 g/mol. The van der Waals surface area contributed by atoms with Crippen LogP contribution in [0.3, 0.4) is 0 Å². The minimum Gasteiger partial charge on any atom is -0.413 e. The lowest BCUT2D eigenvalue weighted by atomic mass is 10.2. The Labute approximate surface area is 66.4 Å². The highest BCUT2D eigenvalue weighted by Crippen LogP contribution is 2.05. The predicted molar refractivity (Wildman–Crippen MR) is 46.2 cm³/mol. The van der Waals surface area contributed by atoms with Crippen molar-refractivity contribution >= 4 is 9.76 Å². The minimum absolute atomic E-state index is 0.0278. The molecule has 0 N–H and O–H groups in total. The Hall–Kier alpha value is -0.0831. The topological polar surface area (TPSA) is 9.23 Å². The first-order chi connectivity index (χ1) is 4.56. The van der Waals surface area contributed by atoms with Crippen molar-refractivity contribution in [2.24, 2.45) is 0 Å². The monoisotopic (exact) mass is 156 g/mol. The molecule has 1 nitrogen and oxygen atoms in total. The SMILES string of the molecule is C/C=C/C[Si]OC(C)(C)C. The van der Waals surface area contributed by atoms with Gasteiger partial charge in [0.2, 0.25) is 9.76 Å². The third-order valence-electron chi connectivity index (χ3n) is 0.815. The van der Waals surface area contributed by atoms with Crippen LogP contribution in [0.25, 0.3) is 0 Å². The van der Waals surface area contributed by atoms with E-state index in [1.807, 2.05) is 6.92 Å². The zero-order valence-corrected chi connectivity index (χ0v) is 8.27. The first kappa shape index (κ1) is 9.92. The van der Waals surface area contributed by atoms with Gasteiger partial charge < -0.3 is 4.43 Å². The van der Waals surface area contributed by atoms with E-state index in [1.165, 1.54) is 0 Å². The standard InChI is InChI=1S/C8H16OSi/c1-5-6-7-10-9-8(2,3)4/h5-6H,7H2,1-4H3/b6-5+. The number of hydrogen-bond donors (Lipinski definition) is 0. The summed E-state index contributed by atoms with van der Waals surface area (Å²) in [7, 11) is 0.604. The van der Waals surface area contributed by atoms with Crippen LogP contribution in [0, 0.1) is 0 Å². The molecule has 10 heavy (non-hydrogen) atoms. The van der Waals surface area contributed by atoms with E-state index in [2.05, 4.69) is 32.9 Å². The van der Waals surface area contributed by atoms with Crippen molar-refractivity contribution in [2.45, 2.75) is 39.3 Å². The summed E-state index contributed by atoms with van der Waals surface area (Å²) in [5.74, 6) is 0. The van der Waals surface area contributed by atoms with Crippen molar-refractivity contribution in [3.63, 3.8) is 0 Å². The van der Waals surface area contributed by atoms with Crippen molar-refractivity contribution in [1.29, 1.82) is 0 Å². The van der Waals surface area contributed by atoms with Crippen LogP contribution in [0.15, 0.2) is 12.2 Å². The van der Waals surface area contributed by atoms with Gasteiger partial charge in [-0.05, 0) is 33.7 Å². The third-order valence-corrected chi connectivity index (χ3v) is 1.97. The first-order valence-corrected chi connectivity index (χ1v) is 4.70. The average Bonchev–Trinajstić information content (AvgIpc) is 1.78. The highest BCUT2D eigenvalue weighted by atomic mass is 28.2. The van der Waals surface area contributed by atoms with Gasteiger partial charge in [-0.2, -0.15) is 0 Å². The largest absolute Gasteiger partial charge is 0.413 e. The molecule has 0 rings (SSSR count). The second kappa shape index (κ2) is 4.69. The molecule has 2 heteroatoms. The molecule has 0 fully saturated rings. The van der Waals surface area contributed by atoms with Crippen LogP contribution in [-0.2, 0) is 4.43 Å². The maximum atomic E-state index is 5.51. The molecule has 0 aliphatic heterocycles. The molecule has 58 valence electrons. The second-order valence-electron chi connectivity index (χ2n) is 3.13. The van der Waals surface area contributed by atoms with Crippen LogP contribution < -0.4 is 0 Å². The van der Waals surface area contributed by atoms with E-state index >= 15 is 0 Å². The molecule has 0 aromatic carbocycles. The fraction of sp³-hybridized carbons (Fsp3) is 0.750. The summed E-state index contributed by atoms with van der Waals surface area (Å²) < 4.78 is 5.51. The number of allylic oxidation sites excluding steroid dienone is 2. The Bertz CT molecular complexity index is 102. The van der Waals surface area contributed by atoms with Gasteiger partial charge in [0.15, 0.2) is 0 Å². The number of hydrogen-bond acceptors (Lipinski definition) is 1. The number of rotatable bonds is 3.